The minimum Gasteiger partial charge on any atom is -0.351 e. The summed E-state index contributed by atoms with van der Waals surface area (Å²) in [6, 6.07) is 21.9. The van der Waals surface area contributed by atoms with Crippen molar-refractivity contribution in [3.05, 3.63) is 77.9 Å². The molecule has 3 amide bonds. The highest BCUT2D eigenvalue weighted by atomic mass is 16.2. The predicted octanol–water partition coefficient (Wildman–Crippen LogP) is 2.95. The molecule has 3 rings (SSSR count). The van der Waals surface area contributed by atoms with Gasteiger partial charge in [0.2, 0.25) is 11.8 Å². The monoisotopic (exact) mass is 414 g/mol. The third-order valence-electron chi connectivity index (χ3n) is 4.77. The van der Waals surface area contributed by atoms with Crippen LogP contribution >= 0.6 is 0 Å². The standard InChI is InChI=1S/C24H22N4O3/c1-16(29)28-21-10-8-18(9-11-21)23(30)27-15-22(24(31)26-13-12-25)20-7-6-17-4-2-3-5-19(17)14-20/h2-11,14,22H,13,15H2,1H3,(H,26,31)(H,27,30)(H,28,29). The summed E-state index contributed by atoms with van der Waals surface area (Å²) in [5, 5.41) is 18.8. The van der Waals surface area contributed by atoms with Crippen molar-refractivity contribution in [1.82, 2.24) is 10.6 Å². The second kappa shape index (κ2) is 10.0. The maximum absolute atomic E-state index is 12.7. The zero-order valence-corrected chi connectivity index (χ0v) is 17.0. The van der Waals surface area contributed by atoms with Gasteiger partial charge >= 0.3 is 0 Å². The highest BCUT2D eigenvalue weighted by Crippen LogP contribution is 2.22. The van der Waals surface area contributed by atoms with Crippen LogP contribution in [0, 0.1) is 11.3 Å². The lowest BCUT2D eigenvalue weighted by atomic mass is 9.95. The molecule has 0 aromatic heterocycles. The summed E-state index contributed by atoms with van der Waals surface area (Å²) in [5.74, 6) is -1.52. The van der Waals surface area contributed by atoms with Gasteiger partial charge in [0.1, 0.15) is 6.54 Å². The topological polar surface area (TPSA) is 111 Å². The van der Waals surface area contributed by atoms with Crippen LogP contribution in [-0.4, -0.2) is 30.8 Å². The van der Waals surface area contributed by atoms with E-state index in [1.54, 1.807) is 24.3 Å². The zero-order valence-electron chi connectivity index (χ0n) is 17.0. The van der Waals surface area contributed by atoms with Crippen LogP contribution in [0.5, 0.6) is 0 Å². The average Bonchev–Trinajstić information content (AvgIpc) is 2.77. The lowest BCUT2D eigenvalue weighted by molar-refractivity contribution is -0.122. The number of hydrogen-bond acceptors (Lipinski definition) is 4. The van der Waals surface area contributed by atoms with E-state index < -0.39 is 5.92 Å². The Hall–Kier alpha value is -4.18. The van der Waals surface area contributed by atoms with Crippen LogP contribution in [0.25, 0.3) is 10.8 Å². The van der Waals surface area contributed by atoms with E-state index >= 15 is 0 Å². The maximum Gasteiger partial charge on any atom is 0.251 e. The van der Waals surface area contributed by atoms with Gasteiger partial charge in [-0.3, -0.25) is 14.4 Å². The van der Waals surface area contributed by atoms with Gasteiger partial charge in [-0.05, 0) is 40.6 Å². The molecule has 31 heavy (non-hydrogen) atoms. The molecule has 0 aliphatic rings. The molecule has 0 saturated carbocycles. The molecule has 7 nitrogen and oxygen atoms in total. The number of nitriles is 1. The zero-order chi connectivity index (χ0) is 22.2. The van der Waals surface area contributed by atoms with Gasteiger partial charge in [-0.1, -0.05) is 42.5 Å². The molecule has 3 aromatic carbocycles. The highest BCUT2D eigenvalue weighted by Gasteiger charge is 2.22. The Bertz CT molecular complexity index is 1150. The Kier molecular flexibility index (Phi) is 6.97. The highest BCUT2D eigenvalue weighted by molar-refractivity contribution is 5.96. The van der Waals surface area contributed by atoms with Crippen molar-refractivity contribution < 1.29 is 14.4 Å². The summed E-state index contributed by atoms with van der Waals surface area (Å²) >= 11 is 0. The van der Waals surface area contributed by atoms with E-state index in [4.69, 9.17) is 5.26 Å². The van der Waals surface area contributed by atoms with Gasteiger partial charge < -0.3 is 16.0 Å². The fourth-order valence-electron chi connectivity index (χ4n) is 3.24. The molecule has 0 saturated heterocycles. The van der Waals surface area contributed by atoms with Gasteiger partial charge in [0.15, 0.2) is 0 Å². The van der Waals surface area contributed by atoms with Gasteiger partial charge in [0.25, 0.3) is 5.91 Å². The molecule has 0 heterocycles. The van der Waals surface area contributed by atoms with Crippen LogP contribution in [0.15, 0.2) is 66.7 Å². The first-order valence-electron chi connectivity index (χ1n) is 9.77. The fourth-order valence-corrected chi connectivity index (χ4v) is 3.24. The molecule has 0 bridgehead atoms. The summed E-state index contributed by atoms with van der Waals surface area (Å²) in [7, 11) is 0. The summed E-state index contributed by atoms with van der Waals surface area (Å²) in [6.45, 7) is 1.37. The number of amides is 3. The van der Waals surface area contributed by atoms with Crippen LogP contribution in [0.2, 0.25) is 0 Å². The molecule has 0 radical (unpaired) electrons. The maximum atomic E-state index is 12.7. The SMILES string of the molecule is CC(=O)Nc1ccc(C(=O)NCC(C(=O)NCC#N)c2ccc3ccccc3c2)cc1. The molecule has 3 N–H and O–H groups in total. The van der Waals surface area contributed by atoms with Crippen molar-refractivity contribution >= 4 is 34.2 Å². The van der Waals surface area contributed by atoms with Crippen LogP contribution in [0.4, 0.5) is 5.69 Å². The van der Waals surface area contributed by atoms with E-state index in [1.807, 2.05) is 48.5 Å². The number of carbonyl (C=O) groups is 3. The average molecular weight is 414 g/mol. The molecule has 1 atom stereocenters. The largest absolute Gasteiger partial charge is 0.351 e. The van der Waals surface area contributed by atoms with E-state index in [-0.39, 0.29) is 30.8 Å². The van der Waals surface area contributed by atoms with Gasteiger partial charge in [0, 0.05) is 24.7 Å². The fraction of sp³-hybridized carbons (Fsp3) is 0.167. The van der Waals surface area contributed by atoms with Crippen molar-refractivity contribution in [2.45, 2.75) is 12.8 Å². The Morgan fingerprint density at radius 2 is 1.65 bits per heavy atom. The Morgan fingerprint density at radius 1 is 0.935 bits per heavy atom. The summed E-state index contributed by atoms with van der Waals surface area (Å²) in [4.78, 5) is 36.4. The summed E-state index contributed by atoms with van der Waals surface area (Å²) < 4.78 is 0. The first-order valence-corrected chi connectivity index (χ1v) is 9.77. The van der Waals surface area contributed by atoms with Crippen LogP contribution in [0.3, 0.4) is 0 Å². The number of fused-ring (bicyclic) bond motifs is 1. The molecule has 1 unspecified atom stereocenters. The van der Waals surface area contributed by atoms with Gasteiger partial charge in [-0.2, -0.15) is 5.26 Å². The first kappa shape index (κ1) is 21.5. The molecule has 3 aromatic rings. The molecular formula is C24H22N4O3. The second-order valence-corrected chi connectivity index (χ2v) is 7.00. The molecule has 156 valence electrons. The molecule has 0 aliphatic heterocycles. The van der Waals surface area contributed by atoms with E-state index in [0.717, 1.165) is 16.3 Å². The molecule has 7 heteroatoms. The van der Waals surface area contributed by atoms with Crippen LogP contribution in [-0.2, 0) is 9.59 Å². The van der Waals surface area contributed by atoms with Gasteiger partial charge in [-0.25, -0.2) is 0 Å². The molecular weight excluding hydrogens is 392 g/mol. The smallest absolute Gasteiger partial charge is 0.251 e. The van der Waals surface area contributed by atoms with Crippen molar-refractivity contribution in [2.24, 2.45) is 0 Å². The minimum absolute atomic E-state index is 0.0713. The quantitative estimate of drug-likeness (QED) is 0.516. The number of rotatable bonds is 7. The van der Waals surface area contributed by atoms with Crippen LogP contribution in [0.1, 0.15) is 28.8 Å². The normalized spacial score (nSPS) is 11.2. The number of nitrogens with one attached hydrogen (secondary N) is 3. The summed E-state index contributed by atoms with van der Waals surface area (Å²) in [6.07, 6.45) is 0. The van der Waals surface area contributed by atoms with E-state index in [2.05, 4.69) is 16.0 Å². The van der Waals surface area contributed by atoms with Crippen molar-refractivity contribution in [3.63, 3.8) is 0 Å². The number of hydrogen-bond donors (Lipinski definition) is 3. The Balaban J connectivity index is 1.76. The Labute approximate surface area is 180 Å². The minimum atomic E-state index is -0.652. The molecule has 0 aliphatic carbocycles. The van der Waals surface area contributed by atoms with Gasteiger partial charge in [0.05, 0.1) is 12.0 Å². The third-order valence-corrected chi connectivity index (χ3v) is 4.77. The lowest BCUT2D eigenvalue weighted by Gasteiger charge is -2.18. The van der Waals surface area contributed by atoms with Crippen molar-refractivity contribution in [1.29, 1.82) is 5.26 Å². The van der Waals surface area contributed by atoms with E-state index in [1.165, 1.54) is 6.92 Å². The van der Waals surface area contributed by atoms with E-state index in [9.17, 15) is 14.4 Å². The second-order valence-electron chi connectivity index (χ2n) is 7.00. The number of anilines is 1. The van der Waals surface area contributed by atoms with Crippen LogP contribution < -0.4 is 16.0 Å². The molecule has 0 fully saturated rings. The predicted molar refractivity (Wildman–Crippen MR) is 118 cm³/mol. The first-order chi connectivity index (χ1) is 15.0. The Morgan fingerprint density at radius 3 is 2.32 bits per heavy atom. The number of nitrogens with zero attached hydrogens (tertiary/aromatic N) is 1. The molecule has 0 spiro atoms. The summed E-state index contributed by atoms with van der Waals surface area (Å²) in [5.41, 5.74) is 1.74. The van der Waals surface area contributed by atoms with Crippen molar-refractivity contribution in [3.8, 4) is 6.07 Å². The van der Waals surface area contributed by atoms with E-state index in [0.29, 0.717) is 11.3 Å². The van der Waals surface area contributed by atoms with Gasteiger partial charge in [-0.15, -0.1) is 0 Å². The number of benzene rings is 3. The van der Waals surface area contributed by atoms with Crippen molar-refractivity contribution in [2.75, 3.05) is 18.4 Å². The lowest BCUT2D eigenvalue weighted by Crippen LogP contribution is -2.37. The third kappa shape index (κ3) is 5.67. The number of carbonyl (C=O) groups excluding carboxylic acids is 3.